The van der Waals surface area contributed by atoms with Crippen molar-refractivity contribution >= 4 is 30.8 Å². The van der Waals surface area contributed by atoms with Gasteiger partial charge in [0.15, 0.2) is 0 Å². The second-order valence-corrected chi connectivity index (χ2v) is 2.26. The van der Waals surface area contributed by atoms with Crippen LogP contribution in [0.1, 0.15) is 5.56 Å². The van der Waals surface area contributed by atoms with Crippen molar-refractivity contribution in [1.82, 2.24) is 10.2 Å². The van der Waals surface area contributed by atoms with Crippen molar-refractivity contribution < 1.29 is 9.90 Å². The highest BCUT2D eigenvalue weighted by atomic mass is 35.5. The normalized spacial score (nSPS) is 10.8. The second kappa shape index (κ2) is 6.71. The molecule has 0 amide bonds. The highest BCUT2D eigenvalue weighted by molar-refractivity contribution is 5.85. The van der Waals surface area contributed by atoms with E-state index in [1.165, 1.54) is 0 Å². The number of aliphatic carboxylic acids is 1. The molecule has 1 aromatic heterocycles. The van der Waals surface area contributed by atoms with Crippen LogP contribution in [-0.4, -0.2) is 27.3 Å². The quantitative estimate of drug-likeness (QED) is 0.689. The molecule has 1 aromatic rings. The summed E-state index contributed by atoms with van der Waals surface area (Å²) in [6.45, 7) is 0. The van der Waals surface area contributed by atoms with Gasteiger partial charge in [0.2, 0.25) is 0 Å². The fourth-order valence-corrected chi connectivity index (χ4v) is 0.731. The summed E-state index contributed by atoms with van der Waals surface area (Å²) in [6.07, 6.45) is 3.50. The van der Waals surface area contributed by atoms with Crippen LogP contribution in [-0.2, 0) is 11.2 Å². The van der Waals surface area contributed by atoms with Gasteiger partial charge >= 0.3 is 5.97 Å². The Kier molecular flexibility index (Phi) is 7.60. The lowest BCUT2D eigenvalue weighted by atomic mass is 10.1. The van der Waals surface area contributed by atoms with Crippen LogP contribution in [0.4, 0.5) is 0 Å². The number of aromatic amines is 1. The van der Waals surface area contributed by atoms with E-state index in [0.29, 0.717) is 6.42 Å². The molecule has 0 aliphatic heterocycles. The molecule has 0 fully saturated rings. The Balaban J connectivity index is 0. The van der Waals surface area contributed by atoms with Crippen molar-refractivity contribution in [1.29, 1.82) is 0 Å². The van der Waals surface area contributed by atoms with Crippen LogP contribution < -0.4 is 5.73 Å². The molecular weight excluding hydrogens is 217 g/mol. The van der Waals surface area contributed by atoms with Crippen molar-refractivity contribution in [3.05, 3.63) is 18.0 Å². The molecular formula is C6H11Cl2N3O2. The summed E-state index contributed by atoms with van der Waals surface area (Å²) in [6, 6.07) is -0.840. The topological polar surface area (TPSA) is 92.0 Å². The van der Waals surface area contributed by atoms with E-state index in [2.05, 4.69) is 10.2 Å². The molecule has 0 spiro atoms. The minimum absolute atomic E-state index is 0. The van der Waals surface area contributed by atoms with Gasteiger partial charge in [-0.1, -0.05) is 0 Å². The third-order valence-electron chi connectivity index (χ3n) is 1.33. The first-order chi connectivity index (χ1) is 5.20. The lowest BCUT2D eigenvalue weighted by Gasteiger charge is -2.01. The molecule has 5 nitrogen and oxygen atoms in total. The predicted molar refractivity (Wildman–Crippen MR) is 52.4 cm³/mol. The first kappa shape index (κ1) is 14.7. The molecule has 1 atom stereocenters. The van der Waals surface area contributed by atoms with Crippen LogP contribution in [0, 0.1) is 0 Å². The first-order valence-electron chi connectivity index (χ1n) is 3.16. The number of carboxylic acid groups (broad SMARTS) is 1. The van der Waals surface area contributed by atoms with Crippen LogP contribution >= 0.6 is 24.8 Å². The summed E-state index contributed by atoms with van der Waals surface area (Å²) in [5.41, 5.74) is 6.07. The number of nitrogens with one attached hydrogen (secondary N) is 1. The van der Waals surface area contributed by atoms with Gasteiger partial charge in [0, 0.05) is 12.6 Å². The summed E-state index contributed by atoms with van der Waals surface area (Å²) in [4.78, 5) is 10.3. The van der Waals surface area contributed by atoms with Crippen molar-refractivity contribution in [3.8, 4) is 0 Å². The smallest absolute Gasteiger partial charge is 0.320 e. The van der Waals surface area contributed by atoms with Crippen molar-refractivity contribution in [2.75, 3.05) is 0 Å². The maximum Gasteiger partial charge on any atom is 0.320 e. The fraction of sp³-hybridized carbons (Fsp3) is 0.333. The highest BCUT2D eigenvalue weighted by Gasteiger charge is 2.11. The van der Waals surface area contributed by atoms with Crippen LogP contribution in [0.3, 0.4) is 0 Å². The summed E-state index contributed by atoms with van der Waals surface area (Å²) < 4.78 is 0. The van der Waals surface area contributed by atoms with Gasteiger partial charge in [0.25, 0.3) is 0 Å². The minimum Gasteiger partial charge on any atom is -0.480 e. The van der Waals surface area contributed by atoms with Crippen molar-refractivity contribution in [2.24, 2.45) is 5.73 Å². The number of rotatable bonds is 3. The molecule has 4 N–H and O–H groups in total. The Bertz CT molecular complexity index is 240. The monoisotopic (exact) mass is 227 g/mol. The van der Waals surface area contributed by atoms with Crippen LogP contribution in [0.15, 0.2) is 12.4 Å². The molecule has 7 heteroatoms. The molecule has 13 heavy (non-hydrogen) atoms. The summed E-state index contributed by atoms with van der Waals surface area (Å²) >= 11 is 0. The first-order valence-corrected chi connectivity index (χ1v) is 3.16. The zero-order valence-corrected chi connectivity index (χ0v) is 8.27. The zero-order chi connectivity index (χ0) is 8.27. The molecule has 0 saturated carbocycles. The third-order valence-corrected chi connectivity index (χ3v) is 1.33. The molecule has 0 radical (unpaired) electrons. The number of hydrogen-bond acceptors (Lipinski definition) is 3. The van der Waals surface area contributed by atoms with Gasteiger partial charge in [-0.2, -0.15) is 5.10 Å². The fourth-order valence-electron chi connectivity index (χ4n) is 0.731. The maximum atomic E-state index is 10.3. The average molecular weight is 228 g/mol. The number of halogens is 2. The number of carbonyl (C=O) groups is 1. The van der Waals surface area contributed by atoms with Gasteiger partial charge in [0.1, 0.15) is 6.04 Å². The number of hydrogen-bond donors (Lipinski definition) is 3. The van der Waals surface area contributed by atoms with E-state index < -0.39 is 12.0 Å². The molecule has 0 aliphatic rings. The molecule has 0 saturated heterocycles. The predicted octanol–water partition coefficient (Wildman–Crippen LogP) is 0.208. The highest BCUT2D eigenvalue weighted by Crippen LogP contribution is 1.97. The molecule has 1 unspecified atom stereocenters. The van der Waals surface area contributed by atoms with E-state index in [1.54, 1.807) is 12.4 Å². The molecule has 0 aromatic carbocycles. The molecule has 76 valence electrons. The van der Waals surface area contributed by atoms with Crippen molar-refractivity contribution in [2.45, 2.75) is 12.5 Å². The van der Waals surface area contributed by atoms with E-state index >= 15 is 0 Å². The van der Waals surface area contributed by atoms with Gasteiger partial charge < -0.3 is 10.8 Å². The number of H-pyrrole nitrogens is 1. The van der Waals surface area contributed by atoms with E-state index in [9.17, 15) is 4.79 Å². The van der Waals surface area contributed by atoms with Crippen LogP contribution in [0.5, 0.6) is 0 Å². The van der Waals surface area contributed by atoms with Gasteiger partial charge in [-0.3, -0.25) is 9.89 Å². The van der Waals surface area contributed by atoms with E-state index in [1.807, 2.05) is 0 Å². The second-order valence-electron chi connectivity index (χ2n) is 2.26. The maximum absolute atomic E-state index is 10.3. The van der Waals surface area contributed by atoms with Gasteiger partial charge in [-0.25, -0.2) is 0 Å². The molecule has 0 bridgehead atoms. The Morgan fingerprint density at radius 1 is 1.69 bits per heavy atom. The Morgan fingerprint density at radius 3 is 2.69 bits per heavy atom. The number of aromatic nitrogens is 2. The Morgan fingerprint density at radius 2 is 2.31 bits per heavy atom. The lowest BCUT2D eigenvalue weighted by Crippen LogP contribution is -2.32. The zero-order valence-electron chi connectivity index (χ0n) is 6.64. The number of nitrogens with two attached hydrogens (primary N) is 1. The average Bonchev–Trinajstić information content (AvgIpc) is 2.39. The number of nitrogens with zero attached hydrogens (tertiary/aromatic N) is 1. The van der Waals surface area contributed by atoms with Gasteiger partial charge in [0.05, 0.1) is 6.20 Å². The molecule has 1 heterocycles. The third kappa shape index (κ3) is 4.72. The minimum atomic E-state index is -0.994. The van der Waals surface area contributed by atoms with Crippen molar-refractivity contribution in [3.63, 3.8) is 0 Å². The van der Waals surface area contributed by atoms with Gasteiger partial charge in [-0.05, 0) is 5.56 Å². The Hall–Kier alpha value is -0.780. The molecule has 0 aliphatic carbocycles. The van der Waals surface area contributed by atoms with Gasteiger partial charge in [-0.15, -0.1) is 24.8 Å². The standard InChI is InChI=1S/C6H9N3O2.2ClH/c7-5(6(10)11)1-4-2-8-9-3-4;;/h2-3,5H,1,7H2,(H,8,9)(H,10,11);2*1H. The lowest BCUT2D eigenvalue weighted by molar-refractivity contribution is -0.138. The summed E-state index contributed by atoms with van der Waals surface area (Å²) in [5, 5.41) is 14.7. The van der Waals surface area contributed by atoms with Crippen LogP contribution in [0.25, 0.3) is 0 Å². The van der Waals surface area contributed by atoms with E-state index in [0.717, 1.165) is 5.56 Å². The van der Waals surface area contributed by atoms with E-state index in [4.69, 9.17) is 10.8 Å². The largest absolute Gasteiger partial charge is 0.480 e. The van der Waals surface area contributed by atoms with E-state index in [-0.39, 0.29) is 24.8 Å². The molecule has 1 rings (SSSR count). The summed E-state index contributed by atoms with van der Waals surface area (Å²) in [7, 11) is 0. The van der Waals surface area contributed by atoms with Crippen LogP contribution in [0.2, 0.25) is 0 Å². The Labute approximate surface area is 87.5 Å². The SMILES string of the molecule is Cl.Cl.NC(Cc1cn[nH]c1)C(=O)O. The summed E-state index contributed by atoms with van der Waals surface area (Å²) in [5.74, 6) is -0.994. The number of carboxylic acids is 1.